The summed E-state index contributed by atoms with van der Waals surface area (Å²) in [5.41, 5.74) is 1.52. The number of aromatic nitrogens is 2. The van der Waals surface area contributed by atoms with Gasteiger partial charge in [-0.05, 0) is 25.1 Å². The summed E-state index contributed by atoms with van der Waals surface area (Å²) in [4.78, 5) is 30.1. The number of carbonyl (C=O) groups is 2. The van der Waals surface area contributed by atoms with Gasteiger partial charge in [-0.25, -0.2) is 4.98 Å². The molecule has 6 nitrogen and oxygen atoms in total. The molecule has 0 spiro atoms. The molecule has 0 aliphatic heterocycles. The number of rotatable bonds is 5. The number of benzene rings is 1. The molecule has 2 aromatic rings. The predicted molar refractivity (Wildman–Crippen MR) is 78.9 cm³/mol. The fourth-order valence-corrected chi connectivity index (χ4v) is 1.96. The van der Waals surface area contributed by atoms with E-state index in [4.69, 9.17) is 16.3 Å². The number of H-pyrrole nitrogens is 1. The first-order valence-corrected chi connectivity index (χ1v) is 6.98. The van der Waals surface area contributed by atoms with Crippen molar-refractivity contribution in [1.29, 1.82) is 0 Å². The summed E-state index contributed by atoms with van der Waals surface area (Å²) in [6.07, 6.45) is -0.213. The highest BCUT2D eigenvalue weighted by Crippen LogP contribution is 2.21. The van der Waals surface area contributed by atoms with Crippen LogP contribution in [0.15, 0.2) is 18.2 Å². The Labute approximate surface area is 126 Å². The molecule has 1 atom stereocenters. The van der Waals surface area contributed by atoms with Crippen LogP contribution in [0.25, 0.3) is 11.0 Å². The quantitative estimate of drug-likeness (QED) is 0.830. The lowest BCUT2D eigenvalue weighted by Crippen LogP contribution is -2.30. The summed E-state index contributed by atoms with van der Waals surface area (Å²) in [6.45, 7) is 3.27. The molecule has 21 heavy (non-hydrogen) atoms. The number of imidazole rings is 1. The van der Waals surface area contributed by atoms with Crippen LogP contribution in [-0.2, 0) is 14.3 Å². The minimum Gasteiger partial charge on any atom is -0.453 e. The predicted octanol–water partition coefficient (Wildman–Crippen LogP) is 2.35. The van der Waals surface area contributed by atoms with E-state index in [-0.39, 0.29) is 12.5 Å². The third-order valence-electron chi connectivity index (χ3n) is 2.91. The normalized spacial score (nSPS) is 12.1. The molecule has 0 aliphatic carbocycles. The van der Waals surface area contributed by atoms with E-state index in [0.29, 0.717) is 17.3 Å². The summed E-state index contributed by atoms with van der Waals surface area (Å²) < 4.78 is 5.21. The Morgan fingerprint density at radius 2 is 2.24 bits per heavy atom. The zero-order chi connectivity index (χ0) is 15.4. The fraction of sp³-hybridized carbons (Fsp3) is 0.357. The average Bonchev–Trinajstić information content (AvgIpc) is 2.87. The monoisotopic (exact) mass is 309 g/mol. The maximum Gasteiger partial charge on any atom is 0.326 e. The number of carbonyl (C=O) groups excluding carboxylic acids is 2. The van der Waals surface area contributed by atoms with Gasteiger partial charge in [0.05, 0.1) is 11.0 Å². The first kappa shape index (κ1) is 15.3. The molecule has 2 rings (SSSR count). The molecule has 0 saturated heterocycles. The maximum atomic E-state index is 11.6. The van der Waals surface area contributed by atoms with E-state index in [1.807, 2.05) is 0 Å². The van der Waals surface area contributed by atoms with Gasteiger partial charge in [0.25, 0.3) is 0 Å². The molecule has 0 fully saturated rings. The van der Waals surface area contributed by atoms with Crippen molar-refractivity contribution in [2.75, 3.05) is 6.54 Å². The lowest BCUT2D eigenvalue weighted by Gasteiger charge is -2.11. The Balaban J connectivity index is 1.99. The van der Waals surface area contributed by atoms with Gasteiger partial charge in [0, 0.05) is 11.4 Å². The molecule has 1 heterocycles. The first-order valence-electron chi connectivity index (χ1n) is 6.61. The highest BCUT2D eigenvalue weighted by atomic mass is 35.5. The minimum atomic E-state index is -0.540. The smallest absolute Gasteiger partial charge is 0.326 e. The van der Waals surface area contributed by atoms with Gasteiger partial charge >= 0.3 is 5.97 Å². The van der Waals surface area contributed by atoms with Crippen molar-refractivity contribution >= 4 is 34.5 Å². The van der Waals surface area contributed by atoms with Crippen LogP contribution in [0.4, 0.5) is 0 Å². The molecular formula is C14H16ClN3O3. The summed E-state index contributed by atoms with van der Waals surface area (Å²) in [5.74, 6) is -0.178. The topological polar surface area (TPSA) is 84.1 Å². The van der Waals surface area contributed by atoms with E-state index in [1.54, 1.807) is 32.0 Å². The Morgan fingerprint density at radius 3 is 2.95 bits per heavy atom. The number of hydrogen-bond donors (Lipinski definition) is 2. The average molecular weight is 310 g/mol. The second-order valence-electron chi connectivity index (χ2n) is 4.55. The molecule has 7 heteroatoms. The van der Waals surface area contributed by atoms with Gasteiger partial charge in [-0.1, -0.05) is 18.5 Å². The lowest BCUT2D eigenvalue weighted by atomic mass is 10.3. The number of aromatic amines is 1. The van der Waals surface area contributed by atoms with Crippen molar-refractivity contribution in [3.63, 3.8) is 0 Å². The molecule has 1 amide bonds. The number of nitrogens with zero attached hydrogens (tertiary/aromatic N) is 1. The zero-order valence-corrected chi connectivity index (χ0v) is 12.5. The summed E-state index contributed by atoms with van der Waals surface area (Å²) in [7, 11) is 0. The van der Waals surface area contributed by atoms with Crippen molar-refractivity contribution in [3.8, 4) is 0 Å². The van der Waals surface area contributed by atoms with Gasteiger partial charge < -0.3 is 15.0 Å². The number of hydrogen-bond acceptors (Lipinski definition) is 4. The second-order valence-corrected chi connectivity index (χ2v) is 4.98. The largest absolute Gasteiger partial charge is 0.453 e. The highest BCUT2D eigenvalue weighted by molar-refractivity contribution is 6.31. The van der Waals surface area contributed by atoms with Gasteiger partial charge in [0.1, 0.15) is 12.4 Å². The minimum absolute atomic E-state index is 0.150. The molecule has 0 radical (unpaired) electrons. The van der Waals surface area contributed by atoms with Crippen molar-refractivity contribution in [1.82, 2.24) is 15.3 Å². The number of esters is 1. The molecule has 1 aromatic carbocycles. The molecule has 0 bridgehead atoms. The second kappa shape index (κ2) is 6.58. The molecule has 1 aromatic heterocycles. The number of fused-ring (bicyclic) bond motifs is 1. The van der Waals surface area contributed by atoms with Crippen LogP contribution in [0, 0.1) is 0 Å². The SMILES string of the molecule is CCC(=O)NCC(=O)OC(C)c1nc2ccc(Cl)cc2[nH]1. The van der Waals surface area contributed by atoms with Crippen LogP contribution in [0.1, 0.15) is 32.2 Å². The van der Waals surface area contributed by atoms with Crippen molar-refractivity contribution < 1.29 is 14.3 Å². The fourth-order valence-electron chi connectivity index (χ4n) is 1.78. The number of amides is 1. The van der Waals surface area contributed by atoms with Crippen LogP contribution in [0.3, 0.4) is 0 Å². The maximum absolute atomic E-state index is 11.6. The van der Waals surface area contributed by atoms with Gasteiger partial charge in [0.2, 0.25) is 5.91 Å². The summed E-state index contributed by atoms with van der Waals surface area (Å²) in [5, 5.41) is 3.06. The lowest BCUT2D eigenvalue weighted by molar-refractivity contribution is -0.148. The van der Waals surface area contributed by atoms with E-state index >= 15 is 0 Å². The Bertz CT molecular complexity index is 669. The van der Waals surface area contributed by atoms with Crippen LogP contribution >= 0.6 is 11.6 Å². The van der Waals surface area contributed by atoms with E-state index in [1.165, 1.54) is 0 Å². The zero-order valence-electron chi connectivity index (χ0n) is 11.8. The van der Waals surface area contributed by atoms with Crippen molar-refractivity contribution in [3.05, 3.63) is 29.0 Å². The van der Waals surface area contributed by atoms with Crippen LogP contribution < -0.4 is 5.32 Å². The number of nitrogens with one attached hydrogen (secondary N) is 2. The Hall–Kier alpha value is -2.08. The van der Waals surface area contributed by atoms with Crippen LogP contribution in [0.2, 0.25) is 5.02 Å². The van der Waals surface area contributed by atoms with E-state index in [9.17, 15) is 9.59 Å². The third kappa shape index (κ3) is 3.95. The summed E-state index contributed by atoms with van der Waals surface area (Å²) in [6, 6.07) is 5.28. The standard InChI is InChI=1S/C14H16ClN3O3/c1-3-12(19)16-7-13(20)21-8(2)14-17-10-5-4-9(15)6-11(10)18-14/h4-6,8H,3,7H2,1-2H3,(H,16,19)(H,17,18). The van der Waals surface area contributed by atoms with Gasteiger partial charge in [-0.15, -0.1) is 0 Å². The number of halogens is 1. The molecule has 0 aliphatic rings. The molecule has 112 valence electrons. The van der Waals surface area contributed by atoms with Crippen LogP contribution in [-0.4, -0.2) is 28.4 Å². The Morgan fingerprint density at radius 1 is 1.48 bits per heavy atom. The Kier molecular flexibility index (Phi) is 4.80. The van der Waals surface area contributed by atoms with Crippen molar-refractivity contribution in [2.45, 2.75) is 26.4 Å². The highest BCUT2D eigenvalue weighted by Gasteiger charge is 2.16. The molecular weight excluding hydrogens is 294 g/mol. The van der Waals surface area contributed by atoms with E-state index in [0.717, 1.165) is 11.0 Å². The van der Waals surface area contributed by atoms with Gasteiger partial charge in [0.15, 0.2) is 6.10 Å². The van der Waals surface area contributed by atoms with E-state index < -0.39 is 12.1 Å². The van der Waals surface area contributed by atoms with Gasteiger partial charge in [-0.2, -0.15) is 0 Å². The van der Waals surface area contributed by atoms with Crippen LogP contribution in [0.5, 0.6) is 0 Å². The first-order chi connectivity index (χ1) is 9.99. The van der Waals surface area contributed by atoms with Gasteiger partial charge in [-0.3, -0.25) is 9.59 Å². The molecule has 0 saturated carbocycles. The third-order valence-corrected chi connectivity index (χ3v) is 3.14. The molecule has 1 unspecified atom stereocenters. The molecule has 2 N–H and O–H groups in total. The summed E-state index contributed by atoms with van der Waals surface area (Å²) >= 11 is 5.90. The van der Waals surface area contributed by atoms with Crippen molar-refractivity contribution in [2.24, 2.45) is 0 Å². The van der Waals surface area contributed by atoms with E-state index in [2.05, 4.69) is 15.3 Å². The number of ether oxygens (including phenoxy) is 1.